The highest BCUT2D eigenvalue weighted by molar-refractivity contribution is 6.05. The van der Waals surface area contributed by atoms with E-state index in [9.17, 15) is 9.59 Å². The summed E-state index contributed by atoms with van der Waals surface area (Å²) >= 11 is 0. The average molecular weight is 227 g/mol. The van der Waals surface area contributed by atoms with Gasteiger partial charge in [0.2, 0.25) is 11.8 Å². The lowest BCUT2D eigenvalue weighted by Gasteiger charge is -2.29. The van der Waals surface area contributed by atoms with Gasteiger partial charge in [0.1, 0.15) is 0 Å². The molecule has 1 heterocycles. The molecule has 3 atom stereocenters. The van der Waals surface area contributed by atoms with Crippen LogP contribution < -0.4 is 0 Å². The number of carbonyl (C=O) groups excluding carboxylic acids is 2. The van der Waals surface area contributed by atoms with Crippen molar-refractivity contribution in [1.29, 1.82) is 0 Å². The molecule has 92 valence electrons. The largest absolute Gasteiger partial charge is 0.396 e. The number of imide groups is 1. The Morgan fingerprint density at radius 2 is 1.62 bits per heavy atom. The third-order valence-corrected chi connectivity index (χ3v) is 3.53. The van der Waals surface area contributed by atoms with Gasteiger partial charge in [0.15, 0.2) is 0 Å². The van der Waals surface area contributed by atoms with Crippen molar-refractivity contribution in [1.82, 2.24) is 4.90 Å². The first kappa shape index (κ1) is 13.2. The molecule has 16 heavy (non-hydrogen) atoms. The summed E-state index contributed by atoms with van der Waals surface area (Å²) in [5.74, 6) is -0.466. The Labute approximate surface area is 96.6 Å². The molecule has 1 fully saturated rings. The van der Waals surface area contributed by atoms with Crippen LogP contribution in [0.25, 0.3) is 0 Å². The standard InChI is InChI=1S/C12H21NO3/c1-7(2)10(5-6-14)13-11(15)8(3)9(4)12(13)16/h7-10,14H,5-6H2,1-4H3. The molecule has 4 nitrogen and oxygen atoms in total. The first-order chi connectivity index (χ1) is 7.41. The average Bonchev–Trinajstić information content (AvgIpc) is 2.41. The van der Waals surface area contributed by atoms with E-state index < -0.39 is 0 Å². The Bertz CT molecular complexity index is 268. The molecule has 0 aromatic heterocycles. The topological polar surface area (TPSA) is 57.6 Å². The lowest BCUT2D eigenvalue weighted by molar-refractivity contribution is -0.144. The van der Waals surface area contributed by atoms with Crippen LogP contribution in [0.1, 0.15) is 34.1 Å². The Morgan fingerprint density at radius 1 is 1.19 bits per heavy atom. The number of likely N-dealkylation sites (tertiary alicyclic amines) is 1. The van der Waals surface area contributed by atoms with E-state index in [-0.39, 0.29) is 42.2 Å². The van der Waals surface area contributed by atoms with Crippen molar-refractivity contribution in [3.63, 3.8) is 0 Å². The summed E-state index contributed by atoms with van der Waals surface area (Å²) in [6.07, 6.45) is 0.467. The summed E-state index contributed by atoms with van der Waals surface area (Å²) in [5, 5.41) is 9.00. The number of nitrogens with zero attached hydrogens (tertiary/aromatic N) is 1. The fourth-order valence-corrected chi connectivity index (χ4v) is 2.19. The smallest absolute Gasteiger partial charge is 0.233 e. The van der Waals surface area contributed by atoms with Crippen molar-refractivity contribution in [2.75, 3.05) is 6.61 Å². The third-order valence-electron chi connectivity index (χ3n) is 3.53. The van der Waals surface area contributed by atoms with Crippen LogP contribution in [-0.4, -0.2) is 34.5 Å². The highest BCUT2D eigenvalue weighted by atomic mass is 16.3. The lowest BCUT2D eigenvalue weighted by atomic mass is 9.99. The summed E-state index contributed by atoms with van der Waals surface area (Å²) in [5.41, 5.74) is 0. The van der Waals surface area contributed by atoms with Gasteiger partial charge in [0, 0.05) is 24.5 Å². The first-order valence-corrected chi connectivity index (χ1v) is 5.89. The summed E-state index contributed by atoms with van der Waals surface area (Å²) < 4.78 is 0. The molecule has 0 spiro atoms. The molecule has 1 rings (SSSR count). The number of aliphatic hydroxyl groups is 1. The minimum Gasteiger partial charge on any atom is -0.396 e. The summed E-state index contributed by atoms with van der Waals surface area (Å²) in [6, 6.07) is -0.169. The van der Waals surface area contributed by atoms with Gasteiger partial charge in [-0.25, -0.2) is 0 Å². The van der Waals surface area contributed by atoms with E-state index >= 15 is 0 Å². The Hall–Kier alpha value is -0.900. The fourth-order valence-electron chi connectivity index (χ4n) is 2.19. The molecule has 0 bridgehead atoms. The molecule has 0 aromatic rings. The van der Waals surface area contributed by atoms with Crippen molar-refractivity contribution in [3.8, 4) is 0 Å². The van der Waals surface area contributed by atoms with E-state index in [1.807, 2.05) is 13.8 Å². The van der Waals surface area contributed by atoms with Crippen molar-refractivity contribution < 1.29 is 14.7 Å². The maximum Gasteiger partial charge on any atom is 0.233 e. The zero-order chi connectivity index (χ0) is 12.5. The maximum absolute atomic E-state index is 12.0. The molecule has 4 heteroatoms. The fraction of sp³-hybridized carbons (Fsp3) is 0.833. The van der Waals surface area contributed by atoms with Gasteiger partial charge in [0.05, 0.1) is 0 Å². The minimum absolute atomic E-state index is 0.00265. The zero-order valence-electron chi connectivity index (χ0n) is 10.4. The molecule has 1 saturated heterocycles. The number of hydrogen-bond acceptors (Lipinski definition) is 3. The van der Waals surface area contributed by atoms with Gasteiger partial charge in [0.25, 0.3) is 0 Å². The zero-order valence-corrected chi connectivity index (χ0v) is 10.4. The number of amides is 2. The van der Waals surface area contributed by atoms with Crippen LogP contribution in [0.2, 0.25) is 0 Å². The van der Waals surface area contributed by atoms with Crippen LogP contribution in [0.5, 0.6) is 0 Å². The quantitative estimate of drug-likeness (QED) is 0.730. The molecule has 0 saturated carbocycles. The second-order valence-electron chi connectivity index (χ2n) is 4.95. The molecule has 1 N–H and O–H groups in total. The normalized spacial score (nSPS) is 28.0. The van der Waals surface area contributed by atoms with Gasteiger partial charge in [-0.05, 0) is 12.3 Å². The molecule has 0 radical (unpaired) electrons. The van der Waals surface area contributed by atoms with E-state index in [2.05, 4.69) is 0 Å². The molecule has 0 aromatic carbocycles. The lowest BCUT2D eigenvalue weighted by Crippen LogP contribution is -2.44. The van der Waals surface area contributed by atoms with Gasteiger partial charge >= 0.3 is 0 Å². The number of carbonyl (C=O) groups is 2. The first-order valence-electron chi connectivity index (χ1n) is 5.89. The van der Waals surface area contributed by atoms with E-state index in [1.165, 1.54) is 4.90 Å². The summed E-state index contributed by atoms with van der Waals surface area (Å²) in [7, 11) is 0. The highest BCUT2D eigenvalue weighted by Crippen LogP contribution is 2.30. The van der Waals surface area contributed by atoms with Crippen LogP contribution in [0.4, 0.5) is 0 Å². The van der Waals surface area contributed by atoms with Gasteiger partial charge in [-0.3, -0.25) is 14.5 Å². The van der Waals surface area contributed by atoms with Crippen molar-refractivity contribution >= 4 is 11.8 Å². The van der Waals surface area contributed by atoms with Crippen molar-refractivity contribution in [2.24, 2.45) is 17.8 Å². The van der Waals surface area contributed by atoms with E-state index in [0.29, 0.717) is 6.42 Å². The monoisotopic (exact) mass is 227 g/mol. The van der Waals surface area contributed by atoms with Gasteiger partial charge in [-0.1, -0.05) is 27.7 Å². The predicted octanol–water partition coefficient (Wildman–Crippen LogP) is 1.03. The molecular formula is C12H21NO3. The maximum atomic E-state index is 12.0. The SMILES string of the molecule is CC(C)C(CCO)N1C(=O)C(C)C(C)C1=O. The molecule has 1 aliphatic heterocycles. The molecular weight excluding hydrogens is 206 g/mol. The summed E-state index contributed by atoms with van der Waals surface area (Å²) in [6.45, 7) is 7.52. The van der Waals surface area contributed by atoms with E-state index in [0.717, 1.165) is 0 Å². The van der Waals surface area contributed by atoms with Gasteiger partial charge in [-0.15, -0.1) is 0 Å². The highest BCUT2D eigenvalue weighted by Gasteiger charge is 2.45. The molecule has 0 aliphatic carbocycles. The number of hydrogen-bond donors (Lipinski definition) is 1. The Morgan fingerprint density at radius 3 is 1.94 bits per heavy atom. The van der Waals surface area contributed by atoms with Crippen LogP contribution in [-0.2, 0) is 9.59 Å². The van der Waals surface area contributed by atoms with Gasteiger partial charge in [-0.2, -0.15) is 0 Å². The molecule has 1 aliphatic rings. The van der Waals surface area contributed by atoms with Crippen molar-refractivity contribution in [3.05, 3.63) is 0 Å². The van der Waals surface area contributed by atoms with Gasteiger partial charge < -0.3 is 5.11 Å². The second kappa shape index (κ2) is 4.95. The number of rotatable bonds is 4. The van der Waals surface area contributed by atoms with Crippen molar-refractivity contribution in [2.45, 2.75) is 40.2 Å². The minimum atomic E-state index is -0.229. The van der Waals surface area contributed by atoms with Crippen LogP contribution in [0.3, 0.4) is 0 Å². The van der Waals surface area contributed by atoms with Crippen LogP contribution in [0.15, 0.2) is 0 Å². The third kappa shape index (κ3) is 2.12. The predicted molar refractivity (Wildman–Crippen MR) is 60.5 cm³/mol. The van der Waals surface area contributed by atoms with Crippen LogP contribution in [0, 0.1) is 17.8 Å². The van der Waals surface area contributed by atoms with Crippen LogP contribution >= 0.6 is 0 Å². The molecule has 2 amide bonds. The second-order valence-corrected chi connectivity index (χ2v) is 4.95. The number of aliphatic hydroxyl groups excluding tert-OH is 1. The summed E-state index contributed by atoms with van der Waals surface area (Å²) in [4.78, 5) is 25.3. The van der Waals surface area contributed by atoms with E-state index in [1.54, 1.807) is 13.8 Å². The molecule has 3 unspecified atom stereocenters. The Balaban J connectivity index is 2.93. The van der Waals surface area contributed by atoms with E-state index in [4.69, 9.17) is 5.11 Å². The Kier molecular flexibility index (Phi) is 4.08.